The molecular weight excluding hydrogens is 238 g/mol. The minimum atomic E-state index is -0.917. The highest BCUT2D eigenvalue weighted by molar-refractivity contribution is 5.41. The van der Waals surface area contributed by atoms with E-state index in [-0.39, 0.29) is 6.10 Å². The Bertz CT molecular complexity index is 492. The maximum absolute atomic E-state index is 9.65. The molecule has 1 N–H and O–H groups in total. The number of nitrogens with zero attached hydrogens (tertiary/aromatic N) is 1. The summed E-state index contributed by atoms with van der Waals surface area (Å²) in [4.78, 5) is 0. The smallest absolute Gasteiger partial charge is 0.180 e. The minimum absolute atomic E-state index is 0.360. The molecular formula is C16H21NO2. The van der Waals surface area contributed by atoms with Crippen LogP contribution in [0.15, 0.2) is 24.3 Å². The van der Waals surface area contributed by atoms with Crippen LogP contribution in [0.1, 0.15) is 50.7 Å². The fourth-order valence-electron chi connectivity index (χ4n) is 2.69. The maximum atomic E-state index is 9.65. The van der Waals surface area contributed by atoms with Gasteiger partial charge in [0, 0.05) is 5.56 Å². The van der Waals surface area contributed by atoms with Crippen LogP contribution in [0.2, 0.25) is 0 Å². The van der Waals surface area contributed by atoms with Crippen LogP contribution in [-0.2, 0) is 10.3 Å². The molecule has 0 bridgehead atoms. The molecule has 0 radical (unpaired) electrons. The molecule has 0 spiro atoms. The molecule has 0 aliphatic heterocycles. The van der Waals surface area contributed by atoms with E-state index in [1.54, 1.807) is 6.92 Å². The van der Waals surface area contributed by atoms with Gasteiger partial charge in [-0.1, -0.05) is 31.2 Å². The monoisotopic (exact) mass is 259 g/mol. The maximum Gasteiger partial charge on any atom is 0.180 e. The standard InChI is InChI=1S/C16H21NO2/c1-11-8-9-16(10-17,19-13(3)12(2)18)15-7-5-4-6-14(11)15/h4-7,11-13,18H,8-9H2,1-3H3. The largest absolute Gasteiger partial charge is 0.391 e. The molecule has 0 fully saturated rings. The second-order valence-corrected chi connectivity index (χ2v) is 5.53. The SMILES string of the molecule is CC1CCC(C#N)(OC(C)C(C)O)c2ccccc21. The number of ether oxygens (including phenoxy) is 1. The average molecular weight is 259 g/mol. The zero-order valence-electron chi connectivity index (χ0n) is 11.8. The average Bonchev–Trinajstić information content (AvgIpc) is 2.42. The van der Waals surface area contributed by atoms with E-state index in [2.05, 4.69) is 19.1 Å². The number of hydrogen-bond acceptors (Lipinski definition) is 3. The van der Waals surface area contributed by atoms with E-state index in [4.69, 9.17) is 4.74 Å². The summed E-state index contributed by atoms with van der Waals surface area (Å²) in [5.41, 5.74) is 1.23. The Morgan fingerprint density at radius 2 is 2.11 bits per heavy atom. The van der Waals surface area contributed by atoms with Crippen molar-refractivity contribution in [2.75, 3.05) is 0 Å². The van der Waals surface area contributed by atoms with Crippen molar-refractivity contribution in [1.29, 1.82) is 5.26 Å². The Hall–Kier alpha value is -1.37. The van der Waals surface area contributed by atoms with E-state index in [1.165, 1.54) is 5.56 Å². The summed E-state index contributed by atoms with van der Waals surface area (Å²) in [6.45, 7) is 5.68. The first-order chi connectivity index (χ1) is 9.00. The lowest BCUT2D eigenvalue weighted by Gasteiger charge is -2.38. The number of fused-ring (bicyclic) bond motifs is 1. The van der Waals surface area contributed by atoms with Gasteiger partial charge in [-0.05, 0) is 38.2 Å². The molecule has 102 valence electrons. The lowest BCUT2D eigenvalue weighted by atomic mass is 9.75. The summed E-state index contributed by atoms with van der Waals surface area (Å²) in [6, 6.07) is 10.3. The third-order valence-electron chi connectivity index (χ3n) is 4.10. The summed E-state index contributed by atoms with van der Waals surface area (Å²) in [7, 11) is 0. The molecule has 3 heteroatoms. The Balaban J connectivity index is 2.42. The first-order valence-corrected chi connectivity index (χ1v) is 6.86. The Morgan fingerprint density at radius 1 is 1.42 bits per heavy atom. The number of hydrogen-bond donors (Lipinski definition) is 1. The predicted molar refractivity (Wildman–Crippen MR) is 73.6 cm³/mol. The molecule has 1 aliphatic carbocycles. The second kappa shape index (κ2) is 5.32. The highest BCUT2D eigenvalue weighted by Crippen LogP contribution is 2.43. The normalized spacial score (nSPS) is 29.1. The molecule has 3 nitrogen and oxygen atoms in total. The van der Waals surface area contributed by atoms with E-state index < -0.39 is 11.7 Å². The zero-order valence-corrected chi connectivity index (χ0v) is 11.8. The molecule has 0 heterocycles. The van der Waals surface area contributed by atoms with Gasteiger partial charge in [0.2, 0.25) is 0 Å². The number of aliphatic hydroxyl groups is 1. The van der Waals surface area contributed by atoms with Gasteiger partial charge in [-0.15, -0.1) is 0 Å². The molecule has 1 aliphatic rings. The van der Waals surface area contributed by atoms with Crippen LogP contribution in [-0.4, -0.2) is 17.3 Å². The number of rotatable bonds is 3. The van der Waals surface area contributed by atoms with Gasteiger partial charge in [0.25, 0.3) is 0 Å². The van der Waals surface area contributed by atoms with Crippen LogP contribution in [0.4, 0.5) is 0 Å². The highest BCUT2D eigenvalue weighted by Gasteiger charge is 2.41. The van der Waals surface area contributed by atoms with Gasteiger partial charge in [-0.25, -0.2) is 0 Å². The molecule has 1 aromatic rings. The van der Waals surface area contributed by atoms with Crippen molar-refractivity contribution in [1.82, 2.24) is 0 Å². The fraction of sp³-hybridized carbons (Fsp3) is 0.562. The molecule has 0 saturated carbocycles. The van der Waals surface area contributed by atoms with Crippen molar-refractivity contribution < 1.29 is 9.84 Å². The van der Waals surface area contributed by atoms with Crippen LogP contribution in [0, 0.1) is 11.3 Å². The Morgan fingerprint density at radius 3 is 2.74 bits per heavy atom. The van der Waals surface area contributed by atoms with Gasteiger partial charge < -0.3 is 9.84 Å². The third kappa shape index (κ3) is 2.51. The van der Waals surface area contributed by atoms with Crippen molar-refractivity contribution in [3.05, 3.63) is 35.4 Å². The number of nitriles is 1. The van der Waals surface area contributed by atoms with Crippen LogP contribution in [0.3, 0.4) is 0 Å². The van der Waals surface area contributed by atoms with E-state index >= 15 is 0 Å². The number of aliphatic hydroxyl groups excluding tert-OH is 1. The topological polar surface area (TPSA) is 53.2 Å². The quantitative estimate of drug-likeness (QED) is 0.907. The van der Waals surface area contributed by atoms with Crippen molar-refractivity contribution in [2.24, 2.45) is 0 Å². The number of benzene rings is 1. The van der Waals surface area contributed by atoms with Crippen molar-refractivity contribution in [3.8, 4) is 6.07 Å². The summed E-state index contributed by atoms with van der Waals surface area (Å²) < 4.78 is 5.95. The van der Waals surface area contributed by atoms with Gasteiger partial charge in [-0.2, -0.15) is 5.26 Å². The van der Waals surface area contributed by atoms with Crippen molar-refractivity contribution in [3.63, 3.8) is 0 Å². The third-order valence-corrected chi connectivity index (χ3v) is 4.10. The highest BCUT2D eigenvalue weighted by atomic mass is 16.5. The Kier molecular flexibility index (Phi) is 3.93. The molecule has 4 unspecified atom stereocenters. The summed E-state index contributed by atoms with van der Waals surface area (Å²) in [5.74, 6) is 0.447. The van der Waals surface area contributed by atoms with Gasteiger partial charge in [0.05, 0.1) is 12.2 Å². The van der Waals surface area contributed by atoms with Gasteiger partial charge in [-0.3, -0.25) is 0 Å². The van der Waals surface area contributed by atoms with Crippen LogP contribution in [0.25, 0.3) is 0 Å². The molecule has 19 heavy (non-hydrogen) atoms. The lowest BCUT2D eigenvalue weighted by Crippen LogP contribution is -2.39. The molecule has 2 rings (SSSR count). The summed E-state index contributed by atoms with van der Waals surface area (Å²) in [6.07, 6.45) is 0.661. The second-order valence-electron chi connectivity index (χ2n) is 5.53. The van der Waals surface area contributed by atoms with Crippen molar-refractivity contribution in [2.45, 2.75) is 57.3 Å². The Labute approximate surface area is 114 Å². The van der Waals surface area contributed by atoms with Crippen LogP contribution < -0.4 is 0 Å². The first-order valence-electron chi connectivity index (χ1n) is 6.86. The summed E-state index contributed by atoms with van der Waals surface area (Å²) >= 11 is 0. The summed E-state index contributed by atoms with van der Waals surface area (Å²) in [5, 5.41) is 19.3. The minimum Gasteiger partial charge on any atom is -0.391 e. The van der Waals surface area contributed by atoms with Crippen LogP contribution >= 0.6 is 0 Å². The lowest BCUT2D eigenvalue weighted by molar-refractivity contribution is -0.107. The molecule has 0 aromatic heterocycles. The van der Waals surface area contributed by atoms with Crippen molar-refractivity contribution >= 4 is 0 Å². The van der Waals surface area contributed by atoms with E-state index in [0.29, 0.717) is 12.3 Å². The van der Waals surface area contributed by atoms with Gasteiger partial charge in [0.15, 0.2) is 5.60 Å². The molecule has 0 amide bonds. The molecule has 4 atom stereocenters. The van der Waals surface area contributed by atoms with Gasteiger partial charge in [0.1, 0.15) is 6.07 Å². The van der Waals surface area contributed by atoms with Gasteiger partial charge >= 0.3 is 0 Å². The fourth-order valence-corrected chi connectivity index (χ4v) is 2.69. The zero-order chi connectivity index (χ0) is 14.0. The predicted octanol–water partition coefficient (Wildman–Crippen LogP) is 3.09. The van der Waals surface area contributed by atoms with Crippen LogP contribution in [0.5, 0.6) is 0 Å². The van der Waals surface area contributed by atoms with E-state index in [1.807, 2.05) is 25.1 Å². The molecule has 1 aromatic carbocycles. The first kappa shape index (κ1) is 14.0. The molecule has 0 saturated heterocycles. The van der Waals surface area contributed by atoms with E-state index in [9.17, 15) is 10.4 Å². The van der Waals surface area contributed by atoms with E-state index in [0.717, 1.165) is 12.0 Å².